The van der Waals surface area contributed by atoms with E-state index in [2.05, 4.69) is 39.0 Å². The molecule has 2 rings (SSSR count). The summed E-state index contributed by atoms with van der Waals surface area (Å²) in [5, 5.41) is 9.09. The zero-order chi connectivity index (χ0) is 13.1. The van der Waals surface area contributed by atoms with Crippen LogP contribution in [0.15, 0.2) is 12.1 Å². The van der Waals surface area contributed by atoms with E-state index in [1.54, 1.807) is 0 Å². The third-order valence-corrected chi connectivity index (χ3v) is 4.36. The molecular formula is C17H23NV. The molecule has 101 valence electrons. The van der Waals surface area contributed by atoms with Crippen LogP contribution < -0.4 is 0 Å². The van der Waals surface area contributed by atoms with Crippen LogP contribution in [-0.4, -0.2) is 0 Å². The number of nitriles is 1. The summed E-state index contributed by atoms with van der Waals surface area (Å²) in [4.78, 5) is 0. The third kappa shape index (κ3) is 4.13. The van der Waals surface area contributed by atoms with Crippen LogP contribution in [0.1, 0.15) is 54.9 Å². The smallest absolute Gasteiger partial charge is 0.0997 e. The normalized spacial score (nSPS) is 22.4. The molecule has 1 nitrogen and oxygen atoms in total. The summed E-state index contributed by atoms with van der Waals surface area (Å²) in [6, 6.07) is 6.72. The maximum absolute atomic E-state index is 9.09. The van der Waals surface area contributed by atoms with Crippen LogP contribution in [0.25, 0.3) is 0 Å². The van der Waals surface area contributed by atoms with Crippen molar-refractivity contribution in [3.05, 3.63) is 34.4 Å². The molecule has 0 N–H and O–H groups in total. The van der Waals surface area contributed by atoms with E-state index in [0.717, 1.165) is 28.5 Å². The fraction of sp³-hybridized carbons (Fsp3) is 0.588. The van der Waals surface area contributed by atoms with Gasteiger partial charge < -0.3 is 0 Å². The molecule has 0 bridgehead atoms. The minimum Gasteiger partial charge on any atom is -0.192 e. The molecule has 1 aliphatic rings. The topological polar surface area (TPSA) is 23.8 Å². The van der Waals surface area contributed by atoms with E-state index in [4.69, 9.17) is 5.26 Å². The first-order chi connectivity index (χ1) is 8.60. The summed E-state index contributed by atoms with van der Waals surface area (Å²) in [5.74, 6) is 1.78. The van der Waals surface area contributed by atoms with Crippen molar-refractivity contribution in [1.82, 2.24) is 0 Å². The summed E-state index contributed by atoms with van der Waals surface area (Å²) in [5.41, 5.74) is 4.55. The Morgan fingerprint density at radius 3 is 2.11 bits per heavy atom. The van der Waals surface area contributed by atoms with Crippen LogP contribution >= 0.6 is 0 Å². The number of nitrogens with zero attached hydrogens (tertiary/aromatic N) is 1. The van der Waals surface area contributed by atoms with Gasteiger partial charge in [0.1, 0.15) is 0 Å². The van der Waals surface area contributed by atoms with Gasteiger partial charge in [-0.05, 0) is 61.6 Å². The van der Waals surface area contributed by atoms with Gasteiger partial charge >= 0.3 is 0 Å². The van der Waals surface area contributed by atoms with Crippen molar-refractivity contribution in [2.45, 2.75) is 52.9 Å². The van der Waals surface area contributed by atoms with E-state index >= 15 is 0 Å². The number of hydrogen-bond acceptors (Lipinski definition) is 1. The Bertz CT molecular complexity index is 442. The molecule has 0 unspecified atom stereocenters. The number of hydrogen-bond donors (Lipinski definition) is 0. The van der Waals surface area contributed by atoms with Gasteiger partial charge in [-0.15, -0.1) is 0 Å². The van der Waals surface area contributed by atoms with Crippen LogP contribution in [0.4, 0.5) is 0 Å². The van der Waals surface area contributed by atoms with Gasteiger partial charge in [0.05, 0.1) is 11.6 Å². The summed E-state index contributed by atoms with van der Waals surface area (Å²) in [6.45, 7) is 6.47. The first-order valence-corrected chi connectivity index (χ1v) is 7.10. The Balaban J connectivity index is 0.00000180. The summed E-state index contributed by atoms with van der Waals surface area (Å²) in [6.07, 6.45) is 6.72. The number of rotatable bonds is 2. The molecule has 1 aromatic carbocycles. The van der Waals surface area contributed by atoms with Crippen molar-refractivity contribution in [1.29, 1.82) is 5.26 Å². The van der Waals surface area contributed by atoms with Gasteiger partial charge in [-0.2, -0.15) is 5.26 Å². The van der Waals surface area contributed by atoms with Crippen molar-refractivity contribution < 1.29 is 18.6 Å². The summed E-state index contributed by atoms with van der Waals surface area (Å²) < 4.78 is 0. The van der Waals surface area contributed by atoms with E-state index in [-0.39, 0.29) is 18.6 Å². The first-order valence-electron chi connectivity index (χ1n) is 7.10. The quantitative estimate of drug-likeness (QED) is 0.785. The van der Waals surface area contributed by atoms with E-state index in [0.29, 0.717) is 0 Å². The molecule has 0 atom stereocenters. The molecule has 1 saturated carbocycles. The molecule has 0 saturated heterocycles. The molecule has 0 heterocycles. The van der Waals surface area contributed by atoms with Crippen LogP contribution in [0.2, 0.25) is 0 Å². The number of benzene rings is 1. The van der Waals surface area contributed by atoms with E-state index in [1.165, 1.54) is 37.7 Å². The zero-order valence-corrected chi connectivity index (χ0v) is 13.6. The number of aryl methyl sites for hydroxylation is 2. The molecule has 1 radical (unpaired) electrons. The summed E-state index contributed by atoms with van der Waals surface area (Å²) >= 11 is 0. The second-order valence-electron chi connectivity index (χ2n) is 6.05. The largest absolute Gasteiger partial charge is 0.192 e. The van der Waals surface area contributed by atoms with Crippen molar-refractivity contribution >= 4 is 0 Å². The van der Waals surface area contributed by atoms with Crippen molar-refractivity contribution in [2.24, 2.45) is 11.8 Å². The Labute approximate surface area is 129 Å². The minimum atomic E-state index is 0. The zero-order valence-electron chi connectivity index (χ0n) is 12.2. The van der Waals surface area contributed by atoms with Crippen molar-refractivity contribution in [3.8, 4) is 6.07 Å². The molecule has 1 aromatic rings. The molecule has 19 heavy (non-hydrogen) atoms. The first kappa shape index (κ1) is 16.3. The Morgan fingerprint density at radius 2 is 1.63 bits per heavy atom. The average molecular weight is 292 g/mol. The molecule has 2 heteroatoms. The Kier molecular flexibility index (Phi) is 6.18. The Morgan fingerprint density at radius 1 is 1.11 bits per heavy atom. The molecule has 0 spiro atoms. The predicted octanol–water partition coefficient (Wildman–Crippen LogP) is 4.54. The monoisotopic (exact) mass is 292 g/mol. The predicted molar refractivity (Wildman–Crippen MR) is 75.5 cm³/mol. The average Bonchev–Trinajstić information content (AvgIpc) is 2.32. The second kappa shape index (κ2) is 7.18. The van der Waals surface area contributed by atoms with Gasteiger partial charge in [0, 0.05) is 18.6 Å². The molecule has 1 fully saturated rings. The maximum atomic E-state index is 9.09. The van der Waals surface area contributed by atoms with Gasteiger partial charge in [0.15, 0.2) is 0 Å². The second-order valence-corrected chi connectivity index (χ2v) is 6.05. The van der Waals surface area contributed by atoms with Crippen molar-refractivity contribution in [3.63, 3.8) is 0 Å². The molecular weight excluding hydrogens is 269 g/mol. The SMILES string of the molecule is Cc1cc(CC2CCC(C)CC2)cc(C)c1C#N.[V]. The third-order valence-electron chi connectivity index (χ3n) is 4.36. The fourth-order valence-electron chi connectivity index (χ4n) is 3.21. The molecule has 0 aromatic heterocycles. The van der Waals surface area contributed by atoms with E-state index in [9.17, 15) is 0 Å². The molecule has 0 aliphatic heterocycles. The van der Waals surface area contributed by atoms with Gasteiger partial charge in [-0.1, -0.05) is 31.9 Å². The molecule has 1 aliphatic carbocycles. The van der Waals surface area contributed by atoms with E-state index < -0.39 is 0 Å². The van der Waals surface area contributed by atoms with Gasteiger partial charge in [-0.3, -0.25) is 0 Å². The maximum Gasteiger partial charge on any atom is 0.0997 e. The van der Waals surface area contributed by atoms with Crippen LogP contribution in [0.3, 0.4) is 0 Å². The van der Waals surface area contributed by atoms with Crippen LogP contribution in [0, 0.1) is 37.0 Å². The van der Waals surface area contributed by atoms with E-state index in [1.807, 2.05) is 0 Å². The van der Waals surface area contributed by atoms with Crippen LogP contribution in [-0.2, 0) is 25.0 Å². The van der Waals surface area contributed by atoms with Crippen molar-refractivity contribution in [2.75, 3.05) is 0 Å². The minimum absolute atomic E-state index is 0. The van der Waals surface area contributed by atoms with Gasteiger partial charge in [0.2, 0.25) is 0 Å². The Hall–Kier alpha value is -0.706. The standard InChI is InChI=1S/C17H23N.V/c1-12-4-6-15(7-5-12)10-16-8-13(2)17(11-18)14(3)9-16;/h8-9,12,15H,4-7,10H2,1-3H3;. The van der Waals surface area contributed by atoms with Gasteiger partial charge in [0.25, 0.3) is 0 Å². The summed E-state index contributed by atoms with van der Waals surface area (Å²) in [7, 11) is 0. The van der Waals surface area contributed by atoms with Gasteiger partial charge in [-0.25, -0.2) is 0 Å². The fourth-order valence-corrected chi connectivity index (χ4v) is 3.21. The van der Waals surface area contributed by atoms with Crippen LogP contribution in [0.5, 0.6) is 0 Å². The molecule has 0 amide bonds.